The van der Waals surface area contributed by atoms with Crippen LogP contribution in [0.1, 0.15) is 5.48 Å². The molecule has 2 heterocycles. The SMILES string of the molecule is [2H]c1c([2H])c(N(c2cccc(-c3ccccc3)c2)c2cccc3c2sc2ccccc23)c([2H])c([2H])c1-c1nc2c(o1)-c1cccc3cccc-2c13. The van der Waals surface area contributed by atoms with Gasteiger partial charge in [-0.15, -0.1) is 11.3 Å². The Morgan fingerprint density at radius 2 is 1.32 bits per heavy atom. The number of hydrogen-bond acceptors (Lipinski definition) is 4. The highest BCUT2D eigenvalue weighted by Crippen LogP contribution is 2.49. The van der Waals surface area contributed by atoms with E-state index in [1.165, 1.54) is 0 Å². The summed E-state index contributed by atoms with van der Waals surface area (Å²) in [5, 5.41) is 4.33. The lowest BCUT2D eigenvalue weighted by Gasteiger charge is -2.26. The quantitative estimate of drug-likeness (QED) is 0.191. The lowest BCUT2D eigenvalue weighted by Crippen LogP contribution is -2.10. The maximum Gasteiger partial charge on any atom is 0.227 e. The first-order chi connectivity index (χ1) is 25.0. The summed E-state index contributed by atoms with van der Waals surface area (Å²) in [4.78, 5) is 6.70. The molecule has 10 rings (SSSR count). The van der Waals surface area contributed by atoms with Crippen LogP contribution in [0.2, 0.25) is 0 Å². The van der Waals surface area contributed by atoms with Gasteiger partial charge in [0, 0.05) is 48.9 Å². The van der Waals surface area contributed by atoms with Crippen LogP contribution in [-0.4, -0.2) is 4.98 Å². The Labute approximate surface area is 281 Å². The number of nitrogens with zero attached hydrogens (tertiary/aromatic N) is 2. The standard InChI is InChI=1S/C43H26N2OS/c1-2-10-27(11-3-1)30-14-6-15-32(26-30)45(37-20-9-17-34-33-16-4-5-21-38(33)47-42(34)37)31-24-22-29(23-25-31)43-44-40-35-18-7-12-28-13-8-19-36(39(28)35)41(40)46-43/h1-26H/i22D,23D,24D,25D. The predicted octanol–water partition coefficient (Wildman–Crippen LogP) is 12.6. The van der Waals surface area contributed by atoms with Crippen LogP contribution in [0.3, 0.4) is 0 Å². The van der Waals surface area contributed by atoms with E-state index in [2.05, 4.69) is 30.3 Å². The minimum Gasteiger partial charge on any atom is -0.435 e. The van der Waals surface area contributed by atoms with Crippen LogP contribution >= 0.6 is 11.3 Å². The van der Waals surface area contributed by atoms with Crippen molar-refractivity contribution in [3.63, 3.8) is 0 Å². The van der Waals surface area contributed by atoms with Crippen LogP contribution < -0.4 is 4.90 Å². The number of thiophene rings is 1. The van der Waals surface area contributed by atoms with Gasteiger partial charge in [0.2, 0.25) is 5.89 Å². The van der Waals surface area contributed by atoms with Crippen molar-refractivity contribution < 1.29 is 9.90 Å². The van der Waals surface area contributed by atoms with Crippen LogP contribution in [-0.2, 0) is 0 Å². The fourth-order valence-corrected chi connectivity index (χ4v) is 8.00. The summed E-state index contributed by atoms with van der Waals surface area (Å²) in [6.45, 7) is 0. The molecule has 0 amide bonds. The molecule has 0 atom stereocenters. The van der Waals surface area contributed by atoms with Gasteiger partial charge in [-0.05, 0) is 64.9 Å². The molecule has 9 aromatic rings. The van der Waals surface area contributed by atoms with Crippen molar-refractivity contribution >= 4 is 59.3 Å². The molecule has 3 nitrogen and oxygen atoms in total. The highest BCUT2D eigenvalue weighted by molar-refractivity contribution is 7.26. The molecule has 0 bridgehead atoms. The average Bonchev–Trinajstić information content (AvgIpc) is 3.86. The fraction of sp³-hybridized carbons (Fsp3) is 0. The number of rotatable bonds is 5. The summed E-state index contributed by atoms with van der Waals surface area (Å²) in [6.07, 6.45) is 0. The van der Waals surface area contributed by atoms with E-state index in [4.69, 9.17) is 9.40 Å². The Morgan fingerprint density at radius 1 is 0.596 bits per heavy atom. The molecule has 4 heteroatoms. The van der Waals surface area contributed by atoms with Crippen molar-refractivity contribution in [2.75, 3.05) is 4.90 Å². The molecule has 0 fully saturated rings. The maximum atomic E-state index is 9.52. The van der Waals surface area contributed by atoms with Crippen molar-refractivity contribution in [1.29, 1.82) is 0 Å². The molecular weight excluding hydrogens is 593 g/mol. The number of anilines is 3. The third-order valence-corrected chi connectivity index (χ3v) is 10.1. The van der Waals surface area contributed by atoms with Crippen molar-refractivity contribution in [3.8, 4) is 45.2 Å². The van der Waals surface area contributed by atoms with Gasteiger partial charge in [0.05, 0.1) is 15.9 Å². The number of oxazole rings is 1. The van der Waals surface area contributed by atoms with Crippen LogP contribution in [0, 0.1) is 0 Å². The lowest BCUT2D eigenvalue weighted by atomic mass is 10.0. The Hall–Kier alpha value is -5.97. The van der Waals surface area contributed by atoms with Gasteiger partial charge in [-0.2, -0.15) is 0 Å². The van der Waals surface area contributed by atoms with Gasteiger partial charge in [-0.25, -0.2) is 4.98 Å². The second kappa shape index (κ2) is 10.3. The third kappa shape index (κ3) is 4.09. The van der Waals surface area contributed by atoms with E-state index < -0.39 is 0 Å². The molecule has 1 aliphatic carbocycles. The molecule has 0 radical (unpaired) electrons. The van der Waals surface area contributed by atoms with E-state index >= 15 is 0 Å². The first-order valence-corrected chi connectivity index (χ1v) is 16.3. The molecule has 1 aliphatic rings. The number of aromatic nitrogens is 1. The normalized spacial score (nSPS) is 13.0. The average molecular weight is 623 g/mol. The number of benzene rings is 7. The minimum atomic E-state index is -0.217. The summed E-state index contributed by atoms with van der Waals surface area (Å²) < 4.78 is 46.2. The van der Waals surface area contributed by atoms with E-state index in [0.29, 0.717) is 11.5 Å². The van der Waals surface area contributed by atoms with Gasteiger partial charge < -0.3 is 9.32 Å². The van der Waals surface area contributed by atoms with E-state index in [1.54, 1.807) is 11.3 Å². The Balaban J connectivity index is 1.20. The molecule has 0 spiro atoms. The van der Waals surface area contributed by atoms with Crippen LogP contribution in [0.15, 0.2) is 162 Å². The van der Waals surface area contributed by atoms with Crippen molar-refractivity contribution in [3.05, 3.63) is 158 Å². The minimum absolute atomic E-state index is 0.0332. The van der Waals surface area contributed by atoms with Gasteiger partial charge in [0.25, 0.3) is 0 Å². The zero-order valence-corrected chi connectivity index (χ0v) is 25.7. The maximum absolute atomic E-state index is 9.52. The molecular formula is C43H26N2OS. The first-order valence-electron chi connectivity index (χ1n) is 17.5. The molecule has 0 saturated heterocycles. The number of fused-ring (bicyclic) bond motifs is 6. The second-order valence-electron chi connectivity index (χ2n) is 11.6. The number of hydrogen-bond donors (Lipinski definition) is 0. The van der Waals surface area contributed by atoms with Gasteiger partial charge in [0.15, 0.2) is 5.76 Å². The van der Waals surface area contributed by atoms with E-state index in [9.17, 15) is 5.48 Å². The van der Waals surface area contributed by atoms with Gasteiger partial charge >= 0.3 is 0 Å². The third-order valence-electron chi connectivity index (χ3n) is 8.92. The van der Waals surface area contributed by atoms with E-state index in [1.807, 2.05) is 108 Å². The second-order valence-corrected chi connectivity index (χ2v) is 12.7. The monoisotopic (exact) mass is 622 g/mol. The summed E-state index contributed by atoms with van der Waals surface area (Å²) in [6, 6.07) is 43.6. The summed E-state index contributed by atoms with van der Waals surface area (Å²) in [5.74, 6) is 0.646. The largest absolute Gasteiger partial charge is 0.435 e. The Bertz CT molecular complexity index is 2790. The van der Waals surface area contributed by atoms with Crippen molar-refractivity contribution in [1.82, 2.24) is 4.98 Å². The molecule has 0 unspecified atom stereocenters. The van der Waals surface area contributed by atoms with E-state index in [0.717, 1.165) is 64.6 Å². The molecule has 220 valence electrons. The molecule has 0 aliphatic heterocycles. The molecule has 7 aromatic carbocycles. The molecule has 0 saturated carbocycles. The Morgan fingerprint density at radius 3 is 2.19 bits per heavy atom. The first kappa shape index (κ1) is 22.5. The van der Waals surface area contributed by atoms with Crippen molar-refractivity contribution in [2.24, 2.45) is 0 Å². The zero-order chi connectivity index (χ0) is 34.4. The van der Waals surface area contributed by atoms with E-state index in [-0.39, 0.29) is 41.3 Å². The molecule has 0 N–H and O–H groups in total. The topological polar surface area (TPSA) is 29.3 Å². The van der Waals surface area contributed by atoms with Gasteiger partial charge in [0.1, 0.15) is 5.69 Å². The predicted molar refractivity (Wildman–Crippen MR) is 197 cm³/mol. The summed E-state index contributed by atoms with van der Waals surface area (Å²) in [7, 11) is 0. The van der Waals surface area contributed by atoms with Crippen LogP contribution in [0.25, 0.3) is 76.1 Å². The highest BCUT2D eigenvalue weighted by Gasteiger charge is 2.28. The summed E-state index contributed by atoms with van der Waals surface area (Å²) in [5.41, 5.74) is 6.16. The molecule has 47 heavy (non-hydrogen) atoms. The lowest BCUT2D eigenvalue weighted by molar-refractivity contribution is 0.590. The van der Waals surface area contributed by atoms with Gasteiger partial charge in [-0.1, -0.05) is 109 Å². The van der Waals surface area contributed by atoms with Crippen LogP contribution in [0.5, 0.6) is 0 Å². The Kier molecular flexibility index (Phi) is 4.92. The zero-order valence-electron chi connectivity index (χ0n) is 28.9. The highest BCUT2D eigenvalue weighted by atomic mass is 32.1. The molecule has 2 aromatic heterocycles. The van der Waals surface area contributed by atoms with Gasteiger partial charge in [-0.3, -0.25) is 0 Å². The fourth-order valence-electron chi connectivity index (χ4n) is 6.80. The van der Waals surface area contributed by atoms with Crippen LogP contribution in [0.4, 0.5) is 17.1 Å². The smallest absolute Gasteiger partial charge is 0.227 e. The van der Waals surface area contributed by atoms with Crippen molar-refractivity contribution in [2.45, 2.75) is 0 Å². The summed E-state index contributed by atoms with van der Waals surface area (Å²) >= 11 is 1.65.